The molecule has 0 radical (unpaired) electrons. The maximum absolute atomic E-state index is 12.3. The maximum Gasteiger partial charge on any atom is 0.274 e. The van der Waals surface area contributed by atoms with Gasteiger partial charge in [-0.05, 0) is 36.8 Å². The molecule has 1 saturated heterocycles. The van der Waals surface area contributed by atoms with Gasteiger partial charge < -0.3 is 10.2 Å². The number of carbonyl (C=O) groups excluding carboxylic acids is 1. The highest BCUT2D eigenvalue weighted by Gasteiger charge is 2.20. The lowest BCUT2D eigenvalue weighted by Crippen LogP contribution is -2.28. The molecule has 1 aromatic carbocycles. The van der Waals surface area contributed by atoms with Gasteiger partial charge in [-0.2, -0.15) is 0 Å². The Labute approximate surface area is 143 Å². The fraction of sp³-hybridized carbons (Fsp3) is 0.421. The van der Waals surface area contributed by atoms with E-state index in [9.17, 15) is 4.79 Å². The Morgan fingerprint density at radius 1 is 1.08 bits per heavy atom. The lowest BCUT2D eigenvalue weighted by molar-refractivity contribution is 0.0786. The summed E-state index contributed by atoms with van der Waals surface area (Å²) < 4.78 is 0. The summed E-state index contributed by atoms with van der Waals surface area (Å²) in [6.07, 6.45) is 7.28. The van der Waals surface area contributed by atoms with Crippen molar-refractivity contribution in [2.24, 2.45) is 0 Å². The highest BCUT2D eigenvalue weighted by molar-refractivity contribution is 5.92. The van der Waals surface area contributed by atoms with Crippen LogP contribution < -0.4 is 5.32 Å². The van der Waals surface area contributed by atoms with Crippen molar-refractivity contribution in [3.05, 3.63) is 47.4 Å². The van der Waals surface area contributed by atoms with Crippen molar-refractivity contribution < 1.29 is 4.79 Å². The predicted molar refractivity (Wildman–Crippen MR) is 95.7 cm³/mol. The first-order valence-corrected chi connectivity index (χ1v) is 8.72. The number of hydrogen-bond donors (Lipinski definition) is 1. The fourth-order valence-corrected chi connectivity index (χ4v) is 3.12. The van der Waals surface area contributed by atoms with Crippen molar-refractivity contribution in [1.82, 2.24) is 14.9 Å². The summed E-state index contributed by atoms with van der Waals surface area (Å²) in [5.41, 5.74) is 4.04. The standard InChI is InChI=1S/C19H24N4O/c1-3-14-8-7-9-15(4-2)18(14)22-17-13-20-16(12-21-17)19(24)23-10-5-6-11-23/h7-9,12-13H,3-6,10-11H2,1-2H3,(H,21,22). The molecule has 0 atom stereocenters. The molecule has 1 N–H and O–H groups in total. The number of rotatable bonds is 5. The summed E-state index contributed by atoms with van der Waals surface area (Å²) >= 11 is 0. The van der Waals surface area contributed by atoms with Crippen LogP contribution in [0.15, 0.2) is 30.6 Å². The number of anilines is 2. The molecule has 3 rings (SSSR count). The lowest BCUT2D eigenvalue weighted by Gasteiger charge is -2.16. The van der Waals surface area contributed by atoms with Crippen molar-refractivity contribution in [3.8, 4) is 0 Å². The van der Waals surface area contributed by atoms with Gasteiger partial charge in [-0.3, -0.25) is 4.79 Å². The highest BCUT2D eigenvalue weighted by atomic mass is 16.2. The fourth-order valence-electron chi connectivity index (χ4n) is 3.12. The first kappa shape index (κ1) is 16.4. The molecule has 5 nitrogen and oxygen atoms in total. The molecule has 1 fully saturated rings. The minimum Gasteiger partial charge on any atom is -0.338 e. The van der Waals surface area contributed by atoms with E-state index in [4.69, 9.17) is 0 Å². The van der Waals surface area contributed by atoms with Crippen LogP contribution in [0.2, 0.25) is 0 Å². The van der Waals surface area contributed by atoms with Crippen molar-refractivity contribution in [3.63, 3.8) is 0 Å². The number of benzene rings is 1. The second-order valence-electron chi connectivity index (χ2n) is 6.07. The van der Waals surface area contributed by atoms with E-state index >= 15 is 0 Å². The molecule has 1 aromatic heterocycles. The van der Waals surface area contributed by atoms with E-state index in [-0.39, 0.29) is 5.91 Å². The van der Waals surface area contributed by atoms with E-state index in [1.807, 2.05) is 4.90 Å². The van der Waals surface area contributed by atoms with Gasteiger partial charge in [0.15, 0.2) is 0 Å². The van der Waals surface area contributed by atoms with Crippen molar-refractivity contribution in [2.75, 3.05) is 18.4 Å². The van der Waals surface area contributed by atoms with Crippen LogP contribution in [0.3, 0.4) is 0 Å². The van der Waals surface area contributed by atoms with Crippen molar-refractivity contribution in [2.45, 2.75) is 39.5 Å². The van der Waals surface area contributed by atoms with Gasteiger partial charge in [0.2, 0.25) is 0 Å². The number of para-hydroxylation sites is 1. The first-order valence-electron chi connectivity index (χ1n) is 8.72. The quantitative estimate of drug-likeness (QED) is 0.913. The van der Waals surface area contributed by atoms with Crippen LogP contribution >= 0.6 is 0 Å². The van der Waals surface area contributed by atoms with Crippen LogP contribution in [0.5, 0.6) is 0 Å². The smallest absolute Gasteiger partial charge is 0.274 e. The van der Waals surface area contributed by atoms with Gasteiger partial charge in [-0.25, -0.2) is 9.97 Å². The van der Waals surface area contributed by atoms with Gasteiger partial charge in [0.25, 0.3) is 5.91 Å². The Bertz CT molecular complexity index is 684. The van der Waals surface area contributed by atoms with Gasteiger partial charge in [0, 0.05) is 18.8 Å². The molecule has 0 saturated carbocycles. The third kappa shape index (κ3) is 3.40. The van der Waals surface area contributed by atoms with E-state index < -0.39 is 0 Å². The lowest BCUT2D eigenvalue weighted by atomic mass is 10.0. The molecular weight excluding hydrogens is 300 g/mol. The Morgan fingerprint density at radius 3 is 2.29 bits per heavy atom. The van der Waals surface area contributed by atoms with E-state index in [1.54, 1.807) is 12.4 Å². The third-order valence-corrected chi connectivity index (χ3v) is 4.52. The molecule has 1 aliphatic rings. The first-order chi connectivity index (χ1) is 11.7. The average molecular weight is 324 g/mol. The van der Waals surface area contributed by atoms with Crippen LogP contribution in [-0.4, -0.2) is 33.9 Å². The Balaban J connectivity index is 1.78. The molecular formula is C19H24N4O. The molecule has 5 heteroatoms. The summed E-state index contributed by atoms with van der Waals surface area (Å²) in [6.45, 7) is 5.93. The summed E-state index contributed by atoms with van der Waals surface area (Å²) in [7, 11) is 0. The van der Waals surface area contributed by atoms with Crippen molar-refractivity contribution >= 4 is 17.4 Å². The van der Waals surface area contributed by atoms with Crippen LogP contribution in [0.25, 0.3) is 0 Å². The van der Waals surface area contributed by atoms with Gasteiger partial charge in [0.1, 0.15) is 11.5 Å². The van der Waals surface area contributed by atoms with Gasteiger partial charge >= 0.3 is 0 Å². The molecule has 126 valence electrons. The van der Waals surface area contributed by atoms with E-state index in [1.165, 1.54) is 11.1 Å². The maximum atomic E-state index is 12.3. The zero-order chi connectivity index (χ0) is 16.9. The van der Waals surface area contributed by atoms with Crippen LogP contribution in [-0.2, 0) is 12.8 Å². The normalized spacial score (nSPS) is 14.0. The molecule has 24 heavy (non-hydrogen) atoms. The summed E-state index contributed by atoms with van der Waals surface area (Å²) in [5.74, 6) is 0.651. The second-order valence-corrected chi connectivity index (χ2v) is 6.07. The van der Waals surface area contributed by atoms with Gasteiger partial charge in [0.05, 0.1) is 12.4 Å². The summed E-state index contributed by atoms with van der Waals surface area (Å²) in [6, 6.07) is 6.34. The summed E-state index contributed by atoms with van der Waals surface area (Å²) in [4.78, 5) is 22.9. The highest BCUT2D eigenvalue weighted by Crippen LogP contribution is 2.25. The monoisotopic (exact) mass is 324 g/mol. The molecule has 2 aromatic rings. The molecule has 2 heterocycles. The molecule has 0 bridgehead atoms. The SMILES string of the molecule is CCc1cccc(CC)c1Nc1cnc(C(=O)N2CCCC2)cn1. The minimum atomic E-state index is -0.0187. The van der Waals surface area contributed by atoms with E-state index in [2.05, 4.69) is 47.3 Å². The number of amides is 1. The van der Waals surface area contributed by atoms with Crippen LogP contribution in [0, 0.1) is 0 Å². The van der Waals surface area contributed by atoms with Gasteiger partial charge in [-0.15, -0.1) is 0 Å². The van der Waals surface area contributed by atoms with E-state index in [0.717, 1.165) is 44.5 Å². The molecule has 0 aliphatic carbocycles. The molecule has 0 unspecified atom stereocenters. The number of carbonyl (C=O) groups is 1. The van der Waals surface area contributed by atoms with Crippen LogP contribution in [0.4, 0.5) is 11.5 Å². The number of aromatic nitrogens is 2. The number of nitrogens with zero attached hydrogens (tertiary/aromatic N) is 3. The number of aryl methyl sites for hydroxylation is 2. The topological polar surface area (TPSA) is 58.1 Å². The third-order valence-electron chi connectivity index (χ3n) is 4.52. The van der Waals surface area contributed by atoms with E-state index in [0.29, 0.717) is 11.5 Å². The van der Waals surface area contributed by atoms with Crippen LogP contribution in [0.1, 0.15) is 48.3 Å². The molecule has 0 spiro atoms. The Kier molecular flexibility index (Phi) is 5.08. The number of likely N-dealkylation sites (tertiary alicyclic amines) is 1. The number of nitrogens with one attached hydrogen (secondary N) is 1. The van der Waals surface area contributed by atoms with Crippen molar-refractivity contribution in [1.29, 1.82) is 0 Å². The average Bonchev–Trinajstić information content (AvgIpc) is 3.16. The van der Waals surface area contributed by atoms with Gasteiger partial charge in [-0.1, -0.05) is 32.0 Å². The zero-order valence-electron chi connectivity index (χ0n) is 14.4. The number of hydrogen-bond acceptors (Lipinski definition) is 4. The molecule has 1 amide bonds. The second kappa shape index (κ2) is 7.43. The zero-order valence-corrected chi connectivity index (χ0v) is 14.4. The molecule has 1 aliphatic heterocycles. The Morgan fingerprint density at radius 2 is 1.75 bits per heavy atom. The summed E-state index contributed by atoms with van der Waals surface area (Å²) in [5, 5.41) is 3.38. The minimum absolute atomic E-state index is 0.0187. The predicted octanol–water partition coefficient (Wildman–Crippen LogP) is 3.58. The largest absolute Gasteiger partial charge is 0.338 e. The Hall–Kier alpha value is -2.43.